The van der Waals surface area contributed by atoms with Crippen LogP contribution in [0.25, 0.3) is 11.1 Å². The summed E-state index contributed by atoms with van der Waals surface area (Å²) in [5, 5.41) is 8.80. The molecular weight excluding hydrogens is 496 g/mol. The average Bonchev–Trinajstić information content (AvgIpc) is 3.30. The maximum atomic E-state index is 13.4. The largest absolute Gasteiger partial charge is 0.326 e. The Labute approximate surface area is 236 Å². The summed E-state index contributed by atoms with van der Waals surface area (Å²) in [7, 11) is 0. The van der Waals surface area contributed by atoms with E-state index in [1.165, 1.54) is 27.8 Å². The predicted octanol–water partition coefficient (Wildman–Crippen LogP) is 6.39. The molecule has 1 atom stereocenters. The molecule has 0 spiro atoms. The van der Waals surface area contributed by atoms with Crippen molar-refractivity contribution in [3.63, 3.8) is 0 Å². The van der Waals surface area contributed by atoms with Crippen LogP contribution in [0.4, 0.5) is 16.2 Å². The van der Waals surface area contributed by atoms with Crippen molar-refractivity contribution in [2.45, 2.75) is 51.6 Å². The van der Waals surface area contributed by atoms with E-state index in [2.05, 4.69) is 48.9 Å². The number of rotatable bonds is 7. The van der Waals surface area contributed by atoms with Gasteiger partial charge in [-0.3, -0.25) is 4.79 Å². The molecule has 0 saturated heterocycles. The van der Waals surface area contributed by atoms with Gasteiger partial charge in [0.2, 0.25) is 5.91 Å². The highest BCUT2D eigenvalue weighted by molar-refractivity contribution is 5.99. The minimum absolute atomic E-state index is 0.0146. The Balaban J connectivity index is 1.30. The first kappa shape index (κ1) is 27.2. The number of benzene rings is 4. The fourth-order valence-electron chi connectivity index (χ4n) is 5.09. The van der Waals surface area contributed by atoms with Crippen molar-refractivity contribution in [2.24, 2.45) is 5.73 Å². The lowest BCUT2D eigenvalue weighted by Crippen LogP contribution is -2.46. The Bertz CT molecular complexity index is 1520. The quantitative estimate of drug-likeness (QED) is 0.196. The SMILES string of the molecule is CC(C)(C)c1ccc(NC(=O)C(Cc2ccc(CN)cc2)NC(=O)Nc2ccc3c(c2)Cc2ccccc2-3)cc1. The van der Waals surface area contributed by atoms with Gasteiger partial charge in [0.05, 0.1) is 0 Å². The maximum absolute atomic E-state index is 13.4. The van der Waals surface area contributed by atoms with Crippen molar-refractivity contribution in [2.75, 3.05) is 10.6 Å². The molecule has 1 aliphatic carbocycles. The summed E-state index contributed by atoms with van der Waals surface area (Å²) in [6, 6.07) is 28.7. The first-order valence-electron chi connectivity index (χ1n) is 13.7. The number of amides is 3. The Hall–Kier alpha value is -4.42. The summed E-state index contributed by atoms with van der Waals surface area (Å²) >= 11 is 0. The highest BCUT2D eigenvalue weighted by atomic mass is 16.2. The molecule has 6 heteroatoms. The fraction of sp³-hybridized carbons (Fsp3) is 0.235. The van der Waals surface area contributed by atoms with E-state index in [0.717, 1.165) is 17.5 Å². The van der Waals surface area contributed by atoms with Crippen LogP contribution in [0, 0.1) is 0 Å². The topological polar surface area (TPSA) is 96.2 Å². The summed E-state index contributed by atoms with van der Waals surface area (Å²) < 4.78 is 0. The van der Waals surface area contributed by atoms with E-state index >= 15 is 0 Å². The van der Waals surface area contributed by atoms with Crippen molar-refractivity contribution < 1.29 is 9.59 Å². The predicted molar refractivity (Wildman–Crippen MR) is 162 cm³/mol. The first-order valence-corrected chi connectivity index (χ1v) is 13.7. The maximum Gasteiger partial charge on any atom is 0.319 e. The van der Waals surface area contributed by atoms with Crippen LogP contribution < -0.4 is 21.7 Å². The van der Waals surface area contributed by atoms with Crippen molar-refractivity contribution in [1.29, 1.82) is 0 Å². The van der Waals surface area contributed by atoms with Gasteiger partial charge in [0, 0.05) is 24.3 Å². The molecule has 204 valence electrons. The molecule has 0 saturated carbocycles. The third-order valence-corrected chi connectivity index (χ3v) is 7.39. The molecule has 0 heterocycles. The molecule has 5 rings (SSSR count). The molecule has 40 heavy (non-hydrogen) atoms. The minimum Gasteiger partial charge on any atom is -0.326 e. The van der Waals surface area contributed by atoms with Crippen LogP contribution in [0.1, 0.15) is 48.6 Å². The van der Waals surface area contributed by atoms with Gasteiger partial charge < -0.3 is 21.7 Å². The van der Waals surface area contributed by atoms with Crippen molar-refractivity contribution in [3.05, 3.63) is 119 Å². The molecule has 4 aromatic carbocycles. The standard InChI is InChI=1S/C34H36N4O2/c1-34(2,3)26-12-14-27(15-13-26)36-32(39)31(18-22-8-10-23(21-35)11-9-22)38-33(40)37-28-16-17-30-25(20-28)19-24-6-4-5-7-29(24)30/h4-17,20,31H,18-19,21,35H2,1-3H3,(H,36,39)(H2,37,38,40). The smallest absolute Gasteiger partial charge is 0.319 e. The number of hydrogen-bond acceptors (Lipinski definition) is 3. The van der Waals surface area contributed by atoms with E-state index in [0.29, 0.717) is 24.3 Å². The van der Waals surface area contributed by atoms with E-state index < -0.39 is 12.1 Å². The van der Waals surface area contributed by atoms with Gasteiger partial charge in [-0.1, -0.05) is 87.5 Å². The highest BCUT2D eigenvalue weighted by Gasteiger charge is 2.23. The number of urea groups is 1. The van der Waals surface area contributed by atoms with E-state index in [-0.39, 0.29) is 11.3 Å². The first-order chi connectivity index (χ1) is 19.2. The molecule has 0 bridgehead atoms. The van der Waals surface area contributed by atoms with Gasteiger partial charge in [-0.05, 0) is 75.0 Å². The second-order valence-electron chi connectivity index (χ2n) is 11.4. The van der Waals surface area contributed by atoms with Gasteiger partial charge in [0.1, 0.15) is 6.04 Å². The van der Waals surface area contributed by atoms with Crippen molar-refractivity contribution in [3.8, 4) is 11.1 Å². The second-order valence-corrected chi connectivity index (χ2v) is 11.4. The van der Waals surface area contributed by atoms with Crippen LogP contribution in [-0.2, 0) is 29.6 Å². The number of carbonyl (C=O) groups is 2. The summed E-state index contributed by atoms with van der Waals surface area (Å²) in [4.78, 5) is 26.5. The van der Waals surface area contributed by atoms with Crippen LogP contribution >= 0.6 is 0 Å². The molecule has 0 aliphatic heterocycles. The Morgan fingerprint density at radius 3 is 2.12 bits per heavy atom. The number of nitrogens with one attached hydrogen (secondary N) is 3. The van der Waals surface area contributed by atoms with Crippen molar-refractivity contribution in [1.82, 2.24) is 5.32 Å². The average molecular weight is 533 g/mol. The van der Waals surface area contributed by atoms with E-state index in [9.17, 15) is 9.59 Å². The third kappa shape index (κ3) is 6.24. The van der Waals surface area contributed by atoms with E-state index in [4.69, 9.17) is 5.73 Å². The molecule has 1 unspecified atom stereocenters. The summed E-state index contributed by atoms with van der Waals surface area (Å²) in [6.07, 6.45) is 1.17. The second kappa shape index (κ2) is 11.4. The van der Waals surface area contributed by atoms with Crippen molar-refractivity contribution >= 4 is 23.3 Å². The molecule has 0 aromatic heterocycles. The summed E-state index contributed by atoms with van der Waals surface area (Å²) in [5.74, 6) is -0.286. The molecule has 1 aliphatic rings. The van der Waals surface area contributed by atoms with Gasteiger partial charge >= 0.3 is 6.03 Å². The number of hydrogen-bond donors (Lipinski definition) is 4. The van der Waals surface area contributed by atoms with E-state index in [1.54, 1.807) is 0 Å². The van der Waals surface area contributed by atoms with Crippen LogP contribution in [0.2, 0.25) is 0 Å². The Kier molecular flexibility index (Phi) is 7.71. The van der Waals surface area contributed by atoms with Gasteiger partial charge in [0.25, 0.3) is 0 Å². The van der Waals surface area contributed by atoms with Gasteiger partial charge in [-0.15, -0.1) is 0 Å². The molecule has 6 nitrogen and oxygen atoms in total. The normalized spacial score (nSPS) is 12.7. The zero-order valence-electron chi connectivity index (χ0n) is 23.3. The van der Waals surface area contributed by atoms with Gasteiger partial charge in [-0.25, -0.2) is 4.79 Å². The van der Waals surface area contributed by atoms with Gasteiger partial charge in [-0.2, -0.15) is 0 Å². The Morgan fingerprint density at radius 1 is 0.775 bits per heavy atom. The van der Waals surface area contributed by atoms with Gasteiger partial charge in [0.15, 0.2) is 0 Å². The van der Waals surface area contributed by atoms with Crippen LogP contribution in [0.3, 0.4) is 0 Å². The summed E-state index contributed by atoms with van der Waals surface area (Å²) in [6.45, 7) is 6.89. The molecule has 4 aromatic rings. The number of anilines is 2. The molecule has 5 N–H and O–H groups in total. The Morgan fingerprint density at radius 2 is 1.43 bits per heavy atom. The number of nitrogens with two attached hydrogens (primary N) is 1. The van der Waals surface area contributed by atoms with E-state index in [1.807, 2.05) is 78.9 Å². The highest BCUT2D eigenvalue weighted by Crippen LogP contribution is 2.37. The monoisotopic (exact) mass is 532 g/mol. The van der Waals surface area contributed by atoms with Crippen LogP contribution in [0.15, 0.2) is 91.0 Å². The lowest BCUT2D eigenvalue weighted by atomic mass is 9.87. The fourth-order valence-corrected chi connectivity index (χ4v) is 5.09. The zero-order valence-corrected chi connectivity index (χ0v) is 23.3. The molecule has 0 radical (unpaired) electrons. The molecule has 3 amide bonds. The number of fused-ring (bicyclic) bond motifs is 3. The van der Waals surface area contributed by atoms with Crippen LogP contribution in [-0.4, -0.2) is 18.0 Å². The number of carbonyl (C=O) groups excluding carboxylic acids is 2. The van der Waals surface area contributed by atoms with Crippen LogP contribution in [0.5, 0.6) is 0 Å². The lowest BCUT2D eigenvalue weighted by Gasteiger charge is -2.21. The molecular formula is C34H36N4O2. The minimum atomic E-state index is -0.787. The summed E-state index contributed by atoms with van der Waals surface area (Å²) in [5.41, 5.74) is 15.1. The zero-order chi connectivity index (χ0) is 28.3. The lowest BCUT2D eigenvalue weighted by molar-refractivity contribution is -0.117. The third-order valence-electron chi connectivity index (χ3n) is 7.39. The molecule has 0 fully saturated rings.